The molecule has 0 aromatic carbocycles. The van der Waals surface area contributed by atoms with Crippen molar-refractivity contribution >= 4 is 0 Å². The zero-order valence-electron chi connectivity index (χ0n) is 10.6. The van der Waals surface area contributed by atoms with Crippen molar-refractivity contribution in [3.05, 3.63) is 0 Å². The monoisotopic (exact) mass is 253 g/mol. The Bertz CT molecular complexity index is 275. The first-order valence-corrected chi connectivity index (χ1v) is 6.08. The Balaban J connectivity index is 2.91. The first kappa shape index (κ1) is 14.8. The summed E-state index contributed by atoms with van der Waals surface area (Å²) in [5.41, 5.74) is 3.65. The molecule has 1 aliphatic carbocycles. The van der Waals surface area contributed by atoms with E-state index in [0.29, 0.717) is 12.8 Å². The maximum atomic E-state index is 12.7. The van der Waals surface area contributed by atoms with Crippen molar-refractivity contribution in [1.29, 1.82) is 0 Å². The SMILES string of the molecule is CC(C)C(C)(N)C1(O)CCCC(C(F)(F)F)C1. The molecule has 0 heterocycles. The van der Waals surface area contributed by atoms with Crippen LogP contribution in [0.3, 0.4) is 0 Å². The lowest BCUT2D eigenvalue weighted by atomic mass is 9.64. The standard InChI is InChI=1S/C12H22F3NO/c1-8(2)10(3,16)11(17)6-4-5-9(7-11)12(13,14)15/h8-9,17H,4-7,16H2,1-3H3. The Hall–Kier alpha value is -0.290. The zero-order chi connectivity index (χ0) is 13.5. The van der Waals surface area contributed by atoms with Gasteiger partial charge in [0.25, 0.3) is 0 Å². The van der Waals surface area contributed by atoms with Gasteiger partial charge in [-0.3, -0.25) is 0 Å². The third-order valence-corrected chi connectivity index (χ3v) is 4.39. The minimum Gasteiger partial charge on any atom is -0.388 e. The van der Waals surface area contributed by atoms with Crippen molar-refractivity contribution in [1.82, 2.24) is 0 Å². The third kappa shape index (κ3) is 2.76. The highest BCUT2D eigenvalue weighted by molar-refractivity contribution is 5.05. The molecule has 0 aliphatic heterocycles. The predicted octanol–water partition coefficient (Wildman–Crippen LogP) is 2.84. The fraction of sp³-hybridized carbons (Fsp3) is 1.00. The van der Waals surface area contributed by atoms with Gasteiger partial charge < -0.3 is 10.8 Å². The van der Waals surface area contributed by atoms with Crippen LogP contribution in [0.25, 0.3) is 0 Å². The summed E-state index contributed by atoms with van der Waals surface area (Å²) < 4.78 is 38.2. The van der Waals surface area contributed by atoms with Gasteiger partial charge in [0.2, 0.25) is 0 Å². The number of rotatable bonds is 2. The van der Waals surface area contributed by atoms with Gasteiger partial charge in [0.05, 0.1) is 11.5 Å². The highest BCUT2D eigenvalue weighted by Crippen LogP contribution is 2.46. The molecule has 3 unspecified atom stereocenters. The molecule has 102 valence electrons. The van der Waals surface area contributed by atoms with Crippen LogP contribution in [0.2, 0.25) is 0 Å². The zero-order valence-corrected chi connectivity index (χ0v) is 10.6. The largest absolute Gasteiger partial charge is 0.391 e. The smallest absolute Gasteiger partial charge is 0.388 e. The van der Waals surface area contributed by atoms with Gasteiger partial charge in [-0.15, -0.1) is 0 Å². The first-order chi connectivity index (χ1) is 7.51. The van der Waals surface area contributed by atoms with E-state index in [4.69, 9.17) is 5.73 Å². The fourth-order valence-electron chi connectivity index (χ4n) is 2.56. The second kappa shape index (κ2) is 4.43. The predicted molar refractivity (Wildman–Crippen MR) is 60.4 cm³/mol. The summed E-state index contributed by atoms with van der Waals surface area (Å²) in [7, 11) is 0. The van der Waals surface area contributed by atoms with Crippen molar-refractivity contribution < 1.29 is 18.3 Å². The molecule has 0 saturated heterocycles. The summed E-state index contributed by atoms with van der Waals surface area (Å²) in [4.78, 5) is 0. The molecule has 0 radical (unpaired) electrons. The van der Waals surface area contributed by atoms with E-state index in [0.717, 1.165) is 0 Å². The summed E-state index contributed by atoms with van der Waals surface area (Å²) in [5, 5.41) is 10.5. The van der Waals surface area contributed by atoms with Crippen LogP contribution < -0.4 is 5.73 Å². The molecule has 1 fully saturated rings. The molecule has 1 saturated carbocycles. The van der Waals surface area contributed by atoms with E-state index in [1.165, 1.54) is 0 Å². The molecule has 2 nitrogen and oxygen atoms in total. The maximum Gasteiger partial charge on any atom is 0.391 e. The molecule has 1 rings (SSSR count). The number of alkyl halides is 3. The van der Waals surface area contributed by atoms with Gasteiger partial charge in [-0.25, -0.2) is 0 Å². The van der Waals surface area contributed by atoms with E-state index in [1.54, 1.807) is 6.92 Å². The summed E-state index contributed by atoms with van der Waals surface area (Å²) in [6.07, 6.45) is -3.69. The third-order valence-electron chi connectivity index (χ3n) is 4.39. The number of hydrogen-bond acceptors (Lipinski definition) is 2. The second-order valence-electron chi connectivity index (χ2n) is 5.80. The molecule has 17 heavy (non-hydrogen) atoms. The molecular weight excluding hydrogens is 231 g/mol. The molecule has 0 amide bonds. The van der Waals surface area contributed by atoms with E-state index in [2.05, 4.69) is 0 Å². The van der Waals surface area contributed by atoms with Crippen molar-refractivity contribution in [2.75, 3.05) is 0 Å². The molecule has 3 atom stereocenters. The average molecular weight is 253 g/mol. The molecule has 3 N–H and O–H groups in total. The van der Waals surface area contributed by atoms with Gasteiger partial charge in [0, 0.05) is 5.54 Å². The fourth-order valence-corrected chi connectivity index (χ4v) is 2.56. The van der Waals surface area contributed by atoms with Crippen LogP contribution in [0.1, 0.15) is 46.5 Å². The molecule has 0 aromatic heterocycles. The van der Waals surface area contributed by atoms with Gasteiger partial charge in [0.15, 0.2) is 0 Å². The van der Waals surface area contributed by atoms with Gasteiger partial charge in [-0.05, 0) is 38.5 Å². The normalized spacial score (nSPS) is 34.8. The summed E-state index contributed by atoms with van der Waals surface area (Å²) in [6.45, 7) is 5.31. The maximum absolute atomic E-state index is 12.7. The lowest BCUT2D eigenvalue weighted by molar-refractivity contribution is -0.210. The van der Waals surface area contributed by atoms with Crippen LogP contribution in [0.5, 0.6) is 0 Å². The Kier molecular flexibility index (Phi) is 3.85. The van der Waals surface area contributed by atoms with Crippen molar-refractivity contribution in [3.63, 3.8) is 0 Å². The Morgan fingerprint density at radius 2 is 1.88 bits per heavy atom. The number of nitrogens with two attached hydrogens (primary N) is 1. The van der Waals surface area contributed by atoms with Crippen molar-refractivity contribution in [3.8, 4) is 0 Å². The average Bonchev–Trinajstić information content (AvgIpc) is 2.16. The summed E-state index contributed by atoms with van der Waals surface area (Å²) >= 11 is 0. The van der Waals surface area contributed by atoms with E-state index >= 15 is 0 Å². The molecule has 0 aromatic rings. The van der Waals surface area contributed by atoms with E-state index in [-0.39, 0.29) is 18.8 Å². The lowest BCUT2D eigenvalue weighted by Gasteiger charge is -2.49. The van der Waals surface area contributed by atoms with Crippen LogP contribution in [0, 0.1) is 11.8 Å². The number of aliphatic hydroxyl groups is 1. The summed E-state index contributed by atoms with van der Waals surface area (Å²) in [5.74, 6) is -1.50. The van der Waals surface area contributed by atoms with Crippen molar-refractivity contribution in [2.24, 2.45) is 17.6 Å². The van der Waals surface area contributed by atoms with E-state index in [9.17, 15) is 18.3 Å². The highest BCUT2D eigenvalue weighted by atomic mass is 19.4. The topological polar surface area (TPSA) is 46.2 Å². The molecular formula is C12H22F3NO. The number of hydrogen-bond donors (Lipinski definition) is 2. The van der Waals surface area contributed by atoms with Crippen LogP contribution in [-0.4, -0.2) is 22.4 Å². The van der Waals surface area contributed by atoms with Crippen LogP contribution in [0.4, 0.5) is 13.2 Å². The number of halogens is 3. The second-order valence-corrected chi connectivity index (χ2v) is 5.80. The summed E-state index contributed by atoms with van der Waals surface area (Å²) in [6, 6.07) is 0. The minimum absolute atomic E-state index is 0.0699. The Morgan fingerprint density at radius 3 is 2.29 bits per heavy atom. The molecule has 0 spiro atoms. The Labute approximate surface area is 100 Å². The van der Waals surface area contributed by atoms with Gasteiger partial charge in [-0.2, -0.15) is 13.2 Å². The minimum atomic E-state index is -4.23. The van der Waals surface area contributed by atoms with Gasteiger partial charge in [0.1, 0.15) is 0 Å². The molecule has 0 bridgehead atoms. The quantitative estimate of drug-likeness (QED) is 0.795. The van der Waals surface area contributed by atoms with Crippen LogP contribution >= 0.6 is 0 Å². The van der Waals surface area contributed by atoms with Gasteiger partial charge >= 0.3 is 6.18 Å². The van der Waals surface area contributed by atoms with Crippen LogP contribution in [0.15, 0.2) is 0 Å². The first-order valence-electron chi connectivity index (χ1n) is 6.08. The van der Waals surface area contributed by atoms with E-state index < -0.39 is 23.2 Å². The van der Waals surface area contributed by atoms with Gasteiger partial charge in [-0.1, -0.05) is 13.8 Å². The Morgan fingerprint density at radius 1 is 1.35 bits per heavy atom. The molecule has 5 heteroatoms. The lowest BCUT2D eigenvalue weighted by Crippen LogP contribution is -2.64. The highest BCUT2D eigenvalue weighted by Gasteiger charge is 2.53. The van der Waals surface area contributed by atoms with Crippen LogP contribution in [-0.2, 0) is 0 Å². The van der Waals surface area contributed by atoms with Crippen molar-refractivity contribution in [2.45, 2.75) is 63.8 Å². The molecule has 1 aliphatic rings. The van der Waals surface area contributed by atoms with E-state index in [1.807, 2.05) is 13.8 Å².